The van der Waals surface area contributed by atoms with Crippen LogP contribution in [-0.2, 0) is 10.7 Å². The highest BCUT2D eigenvalue weighted by Crippen LogP contribution is 2.10. The highest BCUT2D eigenvalue weighted by atomic mass is 35.5. The summed E-state index contributed by atoms with van der Waals surface area (Å²) in [4.78, 5) is 21.7. The molecule has 0 aromatic heterocycles. The summed E-state index contributed by atoms with van der Waals surface area (Å²) in [5.74, 6) is -1.28. The van der Waals surface area contributed by atoms with E-state index in [0.717, 1.165) is 0 Å². The van der Waals surface area contributed by atoms with Gasteiger partial charge in [-0.3, -0.25) is 9.59 Å². The molecule has 1 aromatic carbocycles. The van der Waals surface area contributed by atoms with Crippen LogP contribution >= 0.6 is 11.6 Å². The summed E-state index contributed by atoms with van der Waals surface area (Å²) < 4.78 is 0. The third-order valence-electron chi connectivity index (χ3n) is 1.81. The monoisotopic (exact) mass is 227 g/mol. The average Bonchev–Trinajstić information content (AvgIpc) is 2.25. The molecule has 15 heavy (non-hydrogen) atoms. The van der Waals surface area contributed by atoms with Crippen molar-refractivity contribution in [3.8, 4) is 0 Å². The van der Waals surface area contributed by atoms with Crippen LogP contribution < -0.4 is 5.32 Å². The van der Waals surface area contributed by atoms with Gasteiger partial charge in [0.25, 0.3) is 5.91 Å². The zero-order valence-corrected chi connectivity index (χ0v) is 8.62. The van der Waals surface area contributed by atoms with Crippen molar-refractivity contribution in [3.05, 3.63) is 35.4 Å². The van der Waals surface area contributed by atoms with Crippen LogP contribution in [0.15, 0.2) is 24.3 Å². The quantitative estimate of drug-likeness (QED) is 0.761. The maximum absolute atomic E-state index is 11.5. The molecule has 0 aliphatic rings. The maximum Gasteiger partial charge on any atom is 0.322 e. The highest BCUT2D eigenvalue weighted by molar-refractivity contribution is 6.17. The second kappa shape index (κ2) is 5.36. The molecule has 80 valence electrons. The second-order valence-electron chi connectivity index (χ2n) is 2.87. The molecule has 5 heteroatoms. The summed E-state index contributed by atoms with van der Waals surface area (Å²) >= 11 is 5.64. The minimum absolute atomic E-state index is 0.219. The Balaban J connectivity index is 2.77. The molecular formula is C10H10ClNO3. The SMILES string of the molecule is O=C(O)CNC(=O)c1ccccc1CCl. The van der Waals surface area contributed by atoms with E-state index in [2.05, 4.69) is 5.32 Å². The van der Waals surface area contributed by atoms with Gasteiger partial charge in [0, 0.05) is 11.4 Å². The van der Waals surface area contributed by atoms with Crippen LogP contribution in [-0.4, -0.2) is 23.5 Å². The molecule has 4 nitrogen and oxygen atoms in total. The van der Waals surface area contributed by atoms with Crippen molar-refractivity contribution in [2.24, 2.45) is 0 Å². The fourth-order valence-corrected chi connectivity index (χ4v) is 1.34. The van der Waals surface area contributed by atoms with Gasteiger partial charge in [-0.2, -0.15) is 0 Å². The van der Waals surface area contributed by atoms with Crippen molar-refractivity contribution in [3.63, 3.8) is 0 Å². The first kappa shape index (κ1) is 11.5. The molecule has 0 saturated heterocycles. The molecule has 0 fully saturated rings. The Morgan fingerprint density at radius 2 is 2.00 bits per heavy atom. The maximum atomic E-state index is 11.5. The predicted molar refractivity (Wildman–Crippen MR) is 56.0 cm³/mol. The Kier molecular flexibility index (Phi) is 4.12. The van der Waals surface area contributed by atoms with Gasteiger partial charge >= 0.3 is 5.97 Å². The number of carboxylic acids is 1. The number of halogens is 1. The van der Waals surface area contributed by atoms with Crippen molar-refractivity contribution in [2.45, 2.75) is 5.88 Å². The number of carbonyl (C=O) groups is 2. The Morgan fingerprint density at radius 3 is 2.60 bits per heavy atom. The van der Waals surface area contributed by atoms with E-state index in [1.807, 2.05) is 0 Å². The zero-order chi connectivity index (χ0) is 11.3. The lowest BCUT2D eigenvalue weighted by atomic mass is 10.1. The standard InChI is InChI=1S/C10H10ClNO3/c11-5-7-3-1-2-4-8(7)10(15)12-6-9(13)14/h1-4H,5-6H2,(H,12,15)(H,13,14). The molecule has 0 radical (unpaired) electrons. The van der Waals surface area contributed by atoms with Gasteiger partial charge in [0.1, 0.15) is 6.54 Å². The Labute approximate surface area is 91.9 Å². The first-order valence-corrected chi connectivity index (χ1v) is 4.82. The van der Waals surface area contributed by atoms with E-state index in [0.29, 0.717) is 11.1 Å². The van der Waals surface area contributed by atoms with Gasteiger partial charge in [0.2, 0.25) is 0 Å². The summed E-state index contributed by atoms with van der Waals surface area (Å²) in [5.41, 5.74) is 1.09. The third-order valence-corrected chi connectivity index (χ3v) is 2.09. The van der Waals surface area contributed by atoms with Gasteiger partial charge < -0.3 is 10.4 Å². The van der Waals surface area contributed by atoms with E-state index < -0.39 is 18.4 Å². The van der Waals surface area contributed by atoms with Crippen molar-refractivity contribution >= 4 is 23.5 Å². The third kappa shape index (κ3) is 3.25. The van der Waals surface area contributed by atoms with E-state index in [9.17, 15) is 9.59 Å². The van der Waals surface area contributed by atoms with Gasteiger partial charge in [0.15, 0.2) is 0 Å². The zero-order valence-electron chi connectivity index (χ0n) is 7.87. The lowest BCUT2D eigenvalue weighted by molar-refractivity contribution is -0.135. The number of benzene rings is 1. The van der Waals surface area contributed by atoms with Crippen LogP contribution in [0.1, 0.15) is 15.9 Å². The van der Waals surface area contributed by atoms with E-state index in [4.69, 9.17) is 16.7 Å². The fraction of sp³-hybridized carbons (Fsp3) is 0.200. The van der Waals surface area contributed by atoms with Crippen molar-refractivity contribution in [1.82, 2.24) is 5.32 Å². The number of aliphatic carboxylic acids is 1. The van der Waals surface area contributed by atoms with Crippen LogP contribution in [0.4, 0.5) is 0 Å². The van der Waals surface area contributed by atoms with Crippen LogP contribution in [0.3, 0.4) is 0 Å². The predicted octanol–water partition coefficient (Wildman–Crippen LogP) is 1.24. The molecule has 0 heterocycles. The van der Waals surface area contributed by atoms with Gasteiger partial charge in [-0.1, -0.05) is 18.2 Å². The molecular weight excluding hydrogens is 218 g/mol. The van der Waals surface area contributed by atoms with Crippen LogP contribution in [0, 0.1) is 0 Å². The number of alkyl halides is 1. The molecule has 0 unspecified atom stereocenters. The van der Waals surface area contributed by atoms with E-state index >= 15 is 0 Å². The number of rotatable bonds is 4. The van der Waals surface area contributed by atoms with Gasteiger partial charge in [-0.25, -0.2) is 0 Å². The summed E-state index contributed by atoms with van der Waals surface area (Å²) in [7, 11) is 0. The smallest absolute Gasteiger partial charge is 0.322 e. The molecule has 0 aliphatic heterocycles. The summed E-state index contributed by atoms with van der Waals surface area (Å²) in [6.07, 6.45) is 0. The van der Waals surface area contributed by atoms with Gasteiger partial charge in [-0.05, 0) is 11.6 Å². The first-order chi connectivity index (χ1) is 7.15. The Bertz CT molecular complexity index is 379. The van der Waals surface area contributed by atoms with Crippen molar-refractivity contribution < 1.29 is 14.7 Å². The number of carbonyl (C=O) groups excluding carboxylic acids is 1. The topological polar surface area (TPSA) is 66.4 Å². The van der Waals surface area contributed by atoms with Crippen LogP contribution in [0.5, 0.6) is 0 Å². The molecule has 0 aliphatic carbocycles. The molecule has 0 atom stereocenters. The molecule has 2 N–H and O–H groups in total. The van der Waals surface area contributed by atoms with Crippen molar-refractivity contribution in [2.75, 3.05) is 6.54 Å². The second-order valence-corrected chi connectivity index (χ2v) is 3.13. The minimum atomic E-state index is -1.08. The normalized spacial score (nSPS) is 9.67. The number of amides is 1. The van der Waals surface area contributed by atoms with E-state index in [1.165, 1.54) is 0 Å². The average molecular weight is 228 g/mol. The lowest BCUT2D eigenvalue weighted by Crippen LogP contribution is -2.29. The van der Waals surface area contributed by atoms with Crippen LogP contribution in [0.25, 0.3) is 0 Å². The Morgan fingerprint density at radius 1 is 1.33 bits per heavy atom. The molecule has 0 bridgehead atoms. The lowest BCUT2D eigenvalue weighted by Gasteiger charge is -2.06. The summed E-state index contributed by atoms with van der Waals surface area (Å²) in [6.45, 7) is -0.393. The van der Waals surface area contributed by atoms with Crippen LogP contribution in [0.2, 0.25) is 0 Å². The minimum Gasteiger partial charge on any atom is -0.480 e. The Hall–Kier alpha value is -1.55. The van der Waals surface area contributed by atoms with Crippen molar-refractivity contribution in [1.29, 1.82) is 0 Å². The summed E-state index contributed by atoms with van der Waals surface area (Å²) in [5, 5.41) is 10.7. The molecule has 0 saturated carbocycles. The molecule has 0 spiro atoms. The highest BCUT2D eigenvalue weighted by Gasteiger charge is 2.10. The van der Waals surface area contributed by atoms with E-state index in [-0.39, 0.29) is 5.88 Å². The van der Waals surface area contributed by atoms with E-state index in [1.54, 1.807) is 24.3 Å². The van der Waals surface area contributed by atoms with Gasteiger partial charge in [-0.15, -0.1) is 11.6 Å². The molecule has 1 aromatic rings. The number of hydrogen-bond acceptors (Lipinski definition) is 2. The molecule has 1 amide bonds. The first-order valence-electron chi connectivity index (χ1n) is 4.29. The number of nitrogens with one attached hydrogen (secondary N) is 1. The summed E-state index contributed by atoms with van der Waals surface area (Å²) in [6, 6.07) is 6.80. The largest absolute Gasteiger partial charge is 0.480 e. The fourth-order valence-electron chi connectivity index (χ4n) is 1.11. The number of hydrogen-bond donors (Lipinski definition) is 2. The molecule has 1 rings (SSSR count). The van der Waals surface area contributed by atoms with Gasteiger partial charge in [0.05, 0.1) is 0 Å². The number of carboxylic acid groups (broad SMARTS) is 1.